The molecule has 0 unspecified atom stereocenters. The number of hydroxylamine groups is 2. The van der Waals surface area contributed by atoms with Crippen LogP contribution in [-0.4, -0.2) is 25.3 Å². The Morgan fingerprint density at radius 1 is 1.47 bits per heavy atom. The highest BCUT2D eigenvalue weighted by Crippen LogP contribution is 2.29. The molecule has 0 atom stereocenters. The number of benzene rings is 1. The van der Waals surface area contributed by atoms with E-state index in [1.165, 1.54) is 14.2 Å². The molecule has 82 valence electrons. The van der Waals surface area contributed by atoms with Gasteiger partial charge in [-0.3, -0.25) is 4.84 Å². The molecule has 0 radical (unpaired) electrons. The van der Waals surface area contributed by atoms with E-state index in [0.29, 0.717) is 15.7 Å². The molecule has 1 aromatic rings. The third kappa shape index (κ3) is 2.99. The molecule has 1 aromatic carbocycles. The number of amides is 2. The molecule has 2 amide bonds. The highest BCUT2D eigenvalue weighted by atomic mass is 35.5. The summed E-state index contributed by atoms with van der Waals surface area (Å²) in [4.78, 5) is 16.1. The smallest absolute Gasteiger partial charge is 0.305 e. The third-order valence-electron chi connectivity index (χ3n) is 1.75. The molecule has 1 rings (SSSR count). The van der Waals surface area contributed by atoms with Crippen LogP contribution in [0, 0.1) is 0 Å². The normalized spacial score (nSPS) is 9.87. The lowest BCUT2D eigenvalue weighted by molar-refractivity contribution is -0.0598. The van der Waals surface area contributed by atoms with Crippen LogP contribution in [0.5, 0.6) is 0 Å². The minimum atomic E-state index is -0.429. The number of nitrogens with one attached hydrogen (secondary N) is 1. The first kappa shape index (κ1) is 12.1. The molecule has 1 N–H and O–H groups in total. The number of urea groups is 1. The van der Waals surface area contributed by atoms with Gasteiger partial charge >= 0.3 is 6.03 Å². The zero-order valence-electron chi connectivity index (χ0n) is 8.25. The molecule has 15 heavy (non-hydrogen) atoms. The zero-order chi connectivity index (χ0) is 11.4. The van der Waals surface area contributed by atoms with Gasteiger partial charge in [-0.15, -0.1) is 0 Å². The van der Waals surface area contributed by atoms with E-state index in [1.54, 1.807) is 18.2 Å². The van der Waals surface area contributed by atoms with Gasteiger partial charge in [0.05, 0.1) is 22.8 Å². The number of rotatable bonds is 2. The van der Waals surface area contributed by atoms with Gasteiger partial charge < -0.3 is 5.32 Å². The van der Waals surface area contributed by atoms with Gasteiger partial charge in [0.1, 0.15) is 0 Å². The van der Waals surface area contributed by atoms with Crippen LogP contribution in [0.1, 0.15) is 0 Å². The minimum absolute atomic E-state index is 0.303. The first-order valence-corrected chi connectivity index (χ1v) is 4.84. The first-order chi connectivity index (χ1) is 7.06. The van der Waals surface area contributed by atoms with Gasteiger partial charge in [-0.05, 0) is 12.1 Å². The molecule has 0 saturated heterocycles. The molecule has 0 aliphatic heterocycles. The molecule has 0 aliphatic carbocycles. The van der Waals surface area contributed by atoms with Crippen molar-refractivity contribution in [3.63, 3.8) is 0 Å². The second-order valence-corrected chi connectivity index (χ2v) is 3.50. The van der Waals surface area contributed by atoms with Crippen LogP contribution in [0.25, 0.3) is 0 Å². The Hall–Kier alpha value is -0.970. The van der Waals surface area contributed by atoms with E-state index in [1.807, 2.05) is 0 Å². The predicted molar refractivity (Wildman–Crippen MR) is 60.3 cm³/mol. The van der Waals surface area contributed by atoms with Gasteiger partial charge in [-0.25, -0.2) is 9.86 Å². The summed E-state index contributed by atoms with van der Waals surface area (Å²) in [6.45, 7) is 0. The number of hydrogen-bond donors (Lipinski definition) is 1. The van der Waals surface area contributed by atoms with Gasteiger partial charge in [0.25, 0.3) is 0 Å². The number of halogens is 2. The van der Waals surface area contributed by atoms with E-state index in [4.69, 9.17) is 28.0 Å². The van der Waals surface area contributed by atoms with Gasteiger partial charge in [0.15, 0.2) is 0 Å². The van der Waals surface area contributed by atoms with Crippen molar-refractivity contribution in [2.45, 2.75) is 0 Å². The van der Waals surface area contributed by atoms with Crippen molar-refractivity contribution in [1.82, 2.24) is 5.06 Å². The maximum absolute atomic E-state index is 11.4. The summed E-state index contributed by atoms with van der Waals surface area (Å²) in [5.74, 6) is 0. The van der Waals surface area contributed by atoms with Crippen molar-refractivity contribution in [3.05, 3.63) is 28.2 Å². The Balaban J connectivity index is 2.81. The van der Waals surface area contributed by atoms with E-state index < -0.39 is 6.03 Å². The fraction of sp³-hybridized carbons (Fsp3) is 0.222. The molecule has 0 saturated carbocycles. The van der Waals surface area contributed by atoms with Crippen molar-refractivity contribution in [2.75, 3.05) is 19.5 Å². The maximum Gasteiger partial charge on any atom is 0.345 e. The summed E-state index contributed by atoms with van der Waals surface area (Å²) in [5.41, 5.74) is 0.443. The van der Waals surface area contributed by atoms with Crippen LogP contribution in [0.3, 0.4) is 0 Å². The number of nitrogens with zero attached hydrogens (tertiary/aromatic N) is 1. The number of anilines is 1. The van der Waals surface area contributed by atoms with Crippen molar-refractivity contribution >= 4 is 34.9 Å². The zero-order valence-corrected chi connectivity index (χ0v) is 9.76. The average molecular weight is 249 g/mol. The topological polar surface area (TPSA) is 41.6 Å². The first-order valence-electron chi connectivity index (χ1n) is 4.09. The molecule has 0 spiro atoms. The summed E-state index contributed by atoms with van der Waals surface area (Å²) in [6, 6.07) is 4.55. The fourth-order valence-corrected chi connectivity index (χ4v) is 1.22. The lowest BCUT2D eigenvalue weighted by Crippen LogP contribution is -2.30. The molecule has 0 fully saturated rings. The molecular formula is C9H10Cl2N2O2. The maximum atomic E-state index is 11.4. The highest BCUT2D eigenvalue weighted by molar-refractivity contribution is 6.43. The minimum Gasteiger partial charge on any atom is -0.305 e. The summed E-state index contributed by atoms with van der Waals surface area (Å²) in [5, 5.41) is 4.27. The quantitative estimate of drug-likeness (QED) is 0.818. The molecular weight excluding hydrogens is 239 g/mol. The second-order valence-electron chi connectivity index (χ2n) is 2.71. The molecule has 0 bridgehead atoms. The van der Waals surface area contributed by atoms with E-state index >= 15 is 0 Å². The SMILES string of the molecule is CON(C)C(=O)Nc1cccc(Cl)c1Cl. The summed E-state index contributed by atoms with van der Waals surface area (Å²) in [6.07, 6.45) is 0. The lowest BCUT2D eigenvalue weighted by Gasteiger charge is -2.15. The molecule has 0 heterocycles. The van der Waals surface area contributed by atoms with Crippen molar-refractivity contribution < 1.29 is 9.63 Å². The van der Waals surface area contributed by atoms with Crippen LogP contribution in [-0.2, 0) is 4.84 Å². The highest BCUT2D eigenvalue weighted by Gasteiger charge is 2.11. The van der Waals surface area contributed by atoms with Crippen molar-refractivity contribution in [2.24, 2.45) is 0 Å². The van der Waals surface area contributed by atoms with E-state index in [-0.39, 0.29) is 0 Å². The number of carbonyl (C=O) groups is 1. The summed E-state index contributed by atoms with van der Waals surface area (Å²) in [7, 11) is 2.87. The van der Waals surface area contributed by atoms with E-state index in [0.717, 1.165) is 5.06 Å². The second kappa shape index (κ2) is 5.21. The third-order valence-corrected chi connectivity index (χ3v) is 2.57. The Kier molecular flexibility index (Phi) is 4.20. The number of carbonyl (C=O) groups excluding carboxylic acids is 1. The molecule has 4 nitrogen and oxygen atoms in total. The average Bonchev–Trinajstić information content (AvgIpc) is 2.23. The summed E-state index contributed by atoms with van der Waals surface area (Å²) >= 11 is 11.7. The van der Waals surface area contributed by atoms with Gasteiger partial charge in [-0.1, -0.05) is 29.3 Å². The fourth-order valence-electron chi connectivity index (χ4n) is 0.877. The van der Waals surface area contributed by atoms with Crippen LogP contribution in [0.2, 0.25) is 10.0 Å². The van der Waals surface area contributed by atoms with E-state index in [9.17, 15) is 4.79 Å². The van der Waals surface area contributed by atoms with E-state index in [2.05, 4.69) is 5.32 Å². The Morgan fingerprint density at radius 3 is 2.73 bits per heavy atom. The van der Waals surface area contributed by atoms with Gasteiger partial charge in [0.2, 0.25) is 0 Å². The summed E-state index contributed by atoms with van der Waals surface area (Å²) < 4.78 is 0. The predicted octanol–water partition coefficient (Wildman–Crippen LogP) is 3.02. The molecule has 6 heteroatoms. The van der Waals surface area contributed by atoms with Crippen LogP contribution in [0.15, 0.2) is 18.2 Å². The van der Waals surface area contributed by atoms with Crippen molar-refractivity contribution in [3.8, 4) is 0 Å². The monoisotopic (exact) mass is 248 g/mol. The van der Waals surface area contributed by atoms with Crippen LogP contribution >= 0.6 is 23.2 Å². The number of hydrogen-bond acceptors (Lipinski definition) is 2. The Morgan fingerprint density at radius 2 is 2.13 bits per heavy atom. The van der Waals surface area contributed by atoms with Crippen LogP contribution in [0.4, 0.5) is 10.5 Å². The van der Waals surface area contributed by atoms with Crippen LogP contribution < -0.4 is 5.32 Å². The lowest BCUT2D eigenvalue weighted by atomic mass is 10.3. The Labute approximate surface area is 97.7 Å². The molecule has 0 aromatic heterocycles. The van der Waals surface area contributed by atoms with Gasteiger partial charge in [0, 0.05) is 7.05 Å². The van der Waals surface area contributed by atoms with Crippen molar-refractivity contribution in [1.29, 1.82) is 0 Å². The van der Waals surface area contributed by atoms with Gasteiger partial charge in [-0.2, -0.15) is 0 Å². The molecule has 0 aliphatic rings. The Bertz CT molecular complexity index is 371. The standard InChI is InChI=1S/C9H10Cl2N2O2/c1-13(15-2)9(14)12-7-5-3-4-6(10)8(7)11/h3-5H,1-2H3,(H,12,14). The largest absolute Gasteiger partial charge is 0.345 e.